The Labute approximate surface area is 182 Å². The normalized spacial score (nSPS) is 24.7. The van der Waals surface area contributed by atoms with Crippen LogP contribution in [0.15, 0.2) is 54.6 Å². The van der Waals surface area contributed by atoms with Crippen LogP contribution in [0.25, 0.3) is 6.08 Å². The van der Waals surface area contributed by atoms with Gasteiger partial charge in [0.15, 0.2) is 6.04 Å². The molecule has 2 aromatic carbocycles. The number of quaternary nitrogens is 2. The molecule has 6 heteroatoms. The molecule has 2 N–H and O–H groups in total. The van der Waals surface area contributed by atoms with E-state index < -0.39 is 0 Å². The van der Waals surface area contributed by atoms with E-state index in [1.165, 1.54) is 20.3 Å². The SMILES string of the molecule is Cc1ccc(N2C(=O)C[C@@H]([NH+]3CC[NH+](C/C=C/c4ccccc4)CC3)C2=O)cc1Cl. The van der Waals surface area contributed by atoms with Crippen molar-refractivity contribution in [2.75, 3.05) is 37.6 Å². The van der Waals surface area contributed by atoms with Crippen LogP contribution in [-0.4, -0.2) is 50.6 Å². The van der Waals surface area contributed by atoms with Crippen molar-refractivity contribution in [2.24, 2.45) is 0 Å². The average Bonchev–Trinajstić information content (AvgIpc) is 3.05. The summed E-state index contributed by atoms with van der Waals surface area (Å²) in [7, 11) is 0. The van der Waals surface area contributed by atoms with Crippen molar-refractivity contribution < 1.29 is 19.4 Å². The summed E-state index contributed by atoms with van der Waals surface area (Å²) in [5.74, 6) is -0.222. The molecule has 0 aromatic heterocycles. The van der Waals surface area contributed by atoms with Gasteiger partial charge in [-0.2, -0.15) is 0 Å². The van der Waals surface area contributed by atoms with Crippen molar-refractivity contribution in [3.63, 3.8) is 0 Å². The lowest BCUT2D eigenvalue weighted by Crippen LogP contribution is -3.30. The molecule has 4 rings (SSSR count). The summed E-state index contributed by atoms with van der Waals surface area (Å²) >= 11 is 6.21. The van der Waals surface area contributed by atoms with Crippen LogP contribution in [0.5, 0.6) is 0 Å². The molecule has 1 atom stereocenters. The number of nitrogens with zero attached hydrogens (tertiary/aromatic N) is 1. The third-order valence-electron chi connectivity index (χ3n) is 6.17. The Kier molecular flexibility index (Phi) is 6.32. The highest BCUT2D eigenvalue weighted by molar-refractivity contribution is 6.32. The Morgan fingerprint density at radius 1 is 1.07 bits per heavy atom. The van der Waals surface area contributed by atoms with Crippen molar-refractivity contribution >= 4 is 35.2 Å². The molecule has 2 aromatic rings. The van der Waals surface area contributed by atoms with Gasteiger partial charge in [-0.1, -0.05) is 54.1 Å². The van der Waals surface area contributed by atoms with Crippen LogP contribution in [0.3, 0.4) is 0 Å². The largest absolute Gasteiger partial charge is 0.322 e. The van der Waals surface area contributed by atoms with Crippen molar-refractivity contribution in [1.82, 2.24) is 0 Å². The van der Waals surface area contributed by atoms with E-state index in [0.717, 1.165) is 38.3 Å². The molecule has 0 saturated carbocycles. The summed E-state index contributed by atoms with van der Waals surface area (Å²) in [6, 6.07) is 15.4. The van der Waals surface area contributed by atoms with Crippen molar-refractivity contribution in [1.29, 1.82) is 0 Å². The second-order valence-corrected chi connectivity index (χ2v) is 8.59. The van der Waals surface area contributed by atoms with E-state index in [4.69, 9.17) is 11.6 Å². The Balaban J connectivity index is 1.33. The first-order valence-corrected chi connectivity index (χ1v) is 10.9. The minimum Gasteiger partial charge on any atom is -0.322 e. The Morgan fingerprint density at radius 3 is 2.50 bits per heavy atom. The topological polar surface area (TPSA) is 46.3 Å². The number of carbonyl (C=O) groups excluding carboxylic acids is 2. The van der Waals surface area contributed by atoms with Crippen LogP contribution in [0, 0.1) is 6.92 Å². The van der Waals surface area contributed by atoms with Crippen molar-refractivity contribution in [3.8, 4) is 0 Å². The lowest BCUT2D eigenvalue weighted by Gasteiger charge is -2.31. The smallest absolute Gasteiger partial charge is 0.292 e. The zero-order valence-corrected chi connectivity index (χ0v) is 18.0. The van der Waals surface area contributed by atoms with Gasteiger partial charge < -0.3 is 9.80 Å². The average molecular weight is 426 g/mol. The minimum absolute atomic E-state index is 0.0951. The molecule has 2 amide bonds. The van der Waals surface area contributed by atoms with Gasteiger partial charge in [0.1, 0.15) is 26.2 Å². The summed E-state index contributed by atoms with van der Waals surface area (Å²) in [6.07, 6.45) is 4.67. The first kappa shape index (κ1) is 20.8. The highest BCUT2D eigenvalue weighted by Crippen LogP contribution is 2.27. The van der Waals surface area contributed by atoms with Crippen molar-refractivity contribution in [3.05, 3.63) is 70.8 Å². The molecule has 2 saturated heterocycles. The zero-order chi connectivity index (χ0) is 21.1. The lowest BCUT2D eigenvalue weighted by atomic mass is 10.1. The van der Waals surface area contributed by atoms with E-state index >= 15 is 0 Å². The number of rotatable bonds is 5. The fraction of sp³-hybridized carbons (Fsp3) is 0.333. The van der Waals surface area contributed by atoms with E-state index in [2.05, 4.69) is 24.3 Å². The van der Waals surface area contributed by atoms with Gasteiger partial charge in [0, 0.05) is 5.02 Å². The molecule has 2 fully saturated rings. The number of aryl methyl sites for hydroxylation is 1. The van der Waals surface area contributed by atoms with Gasteiger partial charge in [0.2, 0.25) is 5.91 Å². The van der Waals surface area contributed by atoms with Crippen LogP contribution < -0.4 is 14.7 Å². The van der Waals surface area contributed by atoms with Gasteiger partial charge >= 0.3 is 0 Å². The molecule has 0 unspecified atom stereocenters. The van der Waals surface area contributed by atoms with Gasteiger partial charge in [-0.3, -0.25) is 9.59 Å². The highest BCUT2D eigenvalue weighted by atomic mass is 35.5. The lowest BCUT2D eigenvalue weighted by molar-refractivity contribution is -1.02. The molecule has 0 spiro atoms. The summed E-state index contributed by atoms with van der Waals surface area (Å²) in [5.41, 5.74) is 2.73. The maximum Gasteiger partial charge on any atom is 0.292 e. The minimum atomic E-state index is -0.279. The molecule has 0 aliphatic carbocycles. The van der Waals surface area contributed by atoms with Gasteiger partial charge in [-0.15, -0.1) is 0 Å². The first-order chi connectivity index (χ1) is 14.5. The van der Waals surface area contributed by atoms with Crippen LogP contribution in [0.4, 0.5) is 5.69 Å². The number of carbonyl (C=O) groups is 2. The molecule has 2 aliphatic heterocycles. The number of hydrogen-bond donors (Lipinski definition) is 2. The van der Waals surface area contributed by atoms with E-state index in [1.54, 1.807) is 12.1 Å². The fourth-order valence-electron chi connectivity index (χ4n) is 4.35. The number of halogens is 1. The number of nitrogens with one attached hydrogen (secondary N) is 2. The molecular formula is C24H28ClN3O2+2. The van der Waals surface area contributed by atoms with Crippen LogP contribution in [0.1, 0.15) is 17.5 Å². The molecule has 2 aliphatic rings. The summed E-state index contributed by atoms with van der Waals surface area (Å²) < 4.78 is 0. The molecule has 0 radical (unpaired) electrons. The quantitative estimate of drug-likeness (QED) is 0.695. The molecular weight excluding hydrogens is 398 g/mol. The standard InChI is InChI=1S/C24H26ClN3O2/c1-18-9-10-20(16-21(18)25)28-23(29)17-22(24(28)30)27-14-12-26(13-15-27)11-5-8-19-6-3-2-4-7-19/h2-10,16,22H,11-15,17H2,1H3/p+2/b8-5+/t22-/m1/s1. The van der Waals surface area contributed by atoms with Gasteiger partial charge in [0.05, 0.1) is 18.7 Å². The summed E-state index contributed by atoms with van der Waals surface area (Å²) in [4.78, 5) is 29.7. The van der Waals surface area contributed by atoms with E-state index in [9.17, 15) is 9.59 Å². The maximum atomic E-state index is 13.0. The summed E-state index contributed by atoms with van der Waals surface area (Å²) in [5, 5.41) is 0.574. The molecule has 0 bridgehead atoms. The first-order valence-electron chi connectivity index (χ1n) is 10.6. The van der Waals surface area contributed by atoms with E-state index in [0.29, 0.717) is 10.7 Å². The van der Waals surface area contributed by atoms with E-state index in [-0.39, 0.29) is 24.3 Å². The number of imide groups is 1. The maximum absolute atomic E-state index is 13.0. The number of anilines is 1. The predicted octanol–water partition coefficient (Wildman–Crippen LogP) is 0.777. The van der Waals surface area contributed by atoms with Gasteiger partial charge in [0.25, 0.3) is 5.91 Å². The summed E-state index contributed by atoms with van der Waals surface area (Å²) in [6.45, 7) is 6.70. The highest BCUT2D eigenvalue weighted by Gasteiger charge is 2.46. The Hall–Kier alpha value is -2.47. The number of piperazine rings is 1. The van der Waals surface area contributed by atoms with E-state index in [1.807, 2.05) is 31.2 Å². The Bertz CT molecular complexity index is 952. The molecule has 5 nitrogen and oxygen atoms in total. The number of hydrogen-bond acceptors (Lipinski definition) is 2. The molecule has 2 heterocycles. The van der Waals surface area contributed by atoms with Gasteiger partial charge in [-0.25, -0.2) is 4.90 Å². The number of amides is 2. The van der Waals surface area contributed by atoms with Gasteiger partial charge in [-0.05, 0) is 36.3 Å². The Morgan fingerprint density at radius 2 is 1.80 bits per heavy atom. The van der Waals surface area contributed by atoms with Crippen molar-refractivity contribution in [2.45, 2.75) is 19.4 Å². The fourth-order valence-corrected chi connectivity index (χ4v) is 4.52. The third-order valence-corrected chi connectivity index (χ3v) is 6.58. The second-order valence-electron chi connectivity index (χ2n) is 8.18. The molecule has 156 valence electrons. The predicted molar refractivity (Wildman–Crippen MR) is 119 cm³/mol. The van der Waals surface area contributed by atoms with Crippen LogP contribution in [-0.2, 0) is 9.59 Å². The third kappa shape index (κ3) is 4.48. The number of benzene rings is 2. The monoisotopic (exact) mass is 425 g/mol. The van der Waals surface area contributed by atoms with Crippen LogP contribution in [0.2, 0.25) is 5.02 Å². The second kappa shape index (κ2) is 9.13. The zero-order valence-electron chi connectivity index (χ0n) is 17.2. The van der Waals surface area contributed by atoms with Crippen LogP contribution >= 0.6 is 11.6 Å². The molecule has 30 heavy (non-hydrogen) atoms.